The van der Waals surface area contributed by atoms with E-state index in [1.807, 2.05) is 18.2 Å². The molecule has 6 heteroatoms. The first-order valence-corrected chi connectivity index (χ1v) is 8.51. The van der Waals surface area contributed by atoms with Crippen LogP contribution in [0.25, 0.3) is 22.2 Å². The summed E-state index contributed by atoms with van der Waals surface area (Å²) < 4.78 is 0. The molecule has 2 aromatic heterocycles. The number of aromatic nitrogens is 2. The summed E-state index contributed by atoms with van der Waals surface area (Å²) in [5.74, 6) is -0.0261. The monoisotopic (exact) mass is 366 g/mol. The number of anilines is 1. The van der Waals surface area contributed by atoms with Crippen molar-refractivity contribution in [2.45, 2.75) is 0 Å². The number of hydrogen-bond acceptors (Lipinski definition) is 5. The van der Waals surface area contributed by atoms with Crippen LogP contribution in [-0.2, 0) is 0 Å². The van der Waals surface area contributed by atoms with Gasteiger partial charge in [-0.05, 0) is 60.2 Å². The predicted molar refractivity (Wildman–Crippen MR) is 106 cm³/mol. The normalized spacial score (nSPS) is 10.4. The average molecular weight is 366 g/mol. The van der Waals surface area contributed by atoms with Gasteiger partial charge in [0.1, 0.15) is 11.6 Å². The highest BCUT2D eigenvalue weighted by molar-refractivity contribution is 6.04. The Balaban J connectivity index is 1.57. The number of nitriles is 1. The number of pyridine rings is 2. The van der Waals surface area contributed by atoms with E-state index < -0.39 is 0 Å². The Morgan fingerprint density at radius 2 is 1.86 bits per heavy atom. The fourth-order valence-corrected chi connectivity index (χ4v) is 2.85. The van der Waals surface area contributed by atoms with E-state index >= 15 is 0 Å². The number of amides is 1. The molecule has 0 aliphatic carbocycles. The van der Waals surface area contributed by atoms with Crippen LogP contribution in [-0.4, -0.2) is 21.0 Å². The molecule has 0 fully saturated rings. The van der Waals surface area contributed by atoms with Crippen molar-refractivity contribution in [1.82, 2.24) is 9.97 Å². The van der Waals surface area contributed by atoms with Gasteiger partial charge in [0, 0.05) is 22.7 Å². The van der Waals surface area contributed by atoms with Gasteiger partial charge in [-0.3, -0.25) is 4.79 Å². The second kappa shape index (κ2) is 7.17. The van der Waals surface area contributed by atoms with E-state index in [2.05, 4.69) is 21.4 Å². The molecule has 134 valence electrons. The van der Waals surface area contributed by atoms with E-state index in [1.165, 1.54) is 6.07 Å². The van der Waals surface area contributed by atoms with E-state index in [0.29, 0.717) is 28.2 Å². The first-order valence-electron chi connectivity index (χ1n) is 8.51. The molecule has 2 heterocycles. The molecule has 1 amide bonds. The minimum absolute atomic E-state index is 0.0227. The van der Waals surface area contributed by atoms with E-state index in [9.17, 15) is 9.90 Å². The van der Waals surface area contributed by atoms with Gasteiger partial charge in [0.15, 0.2) is 5.65 Å². The van der Waals surface area contributed by atoms with Crippen molar-refractivity contribution in [3.63, 3.8) is 0 Å². The van der Waals surface area contributed by atoms with Gasteiger partial charge in [0.2, 0.25) is 0 Å². The van der Waals surface area contributed by atoms with Crippen molar-refractivity contribution in [3.8, 4) is 22.9 Å². The highest BCUT2D eigenvalue weighted by Gasteiger charge is 2.12. The smallest absolute Gasteiger partial charge is 0.256 e. The molecule has 6 nitrogen and oxygen atoms in total. The van der Waals surface area contributed by atoms with Crippen LogP contribution in [0, 0.1) is 11.3 Å². The van der Waals surface area contributed by atoms with Gasteiger partial charge in [-0.2, -0.15) is 5.26 Å². The van der Waals surface area contributed by atoms with Gasteiger partial charge >= 0.3 is 0 Å². The van der Waals surface area contributed by atoms with Crippen LogP contribution in [0.15, 0.2) is 72.9 Å². The summed E-state index contributed by atoms with van der Waals surface area (Å²) in [5.41, 5.74) is 2.72. The van der Waals surface area contributed by atoms with Crippen molar-refractivity contribution in [2.75, 3.05) is 5.32 Å². The average Bonchev–Trinajstić information content (AvgIpc) is 2.73. The predicted octanol–water partition coefficient (Wildman–Crippen LogP) is 4.13. The Hall–Kier alpha value is -4.24. The van der Waals surface area contributed by atoms with Crippen LogP contribution in [0.1, 0.15) is 15.9 Å². The molecule has 0 saturated heterocycles. The first-order chi connectivity index (χ1) is 13.6. The molecule has 0 saturated carbocycles. The van der Waals surface area contributed by atoms with Crippen LogP contribution in [0.2, 0.25) is 0 Å². The summed E-state index contributed by atoms with van der Waals surface area (Å²) in [5, 5.41) is 22.8. The standard InChI is InChI=1S/C22H14N4O2/c23-13-14-3-5-15(6-4-14)18-9-7-17(12-19(18)27)22(28)26-20-10-8-16-2-1-11-24-21(16)25-20/h1-12,27H,(H,24,25,26,28). The minimum atomic E-state index is -0.385. The summed E-state index contributed by atoms with van der Waals surface area (Å²) in [7, 11) is 0. The molecule has 0 bridgehead atoms. The lowest BCUT2D eigenvalue weighted by atomic mass is 10.0. The maximum absolute atomic E-state index is 12.5. The van der Waals surface area contributed by atoms with Gasteiger partial charge in [0.05, 0.1) is 11.6 Å². The van der Waals surface area contributed by atoms with E-state index in [-0.39, 0.29) is 11.7 Å². The number of aromatic hydroxyl groups is 1. The number of benzene rings is 2. The van der Waals surface area contributed by atoms with Crippen LogP contribution >= 0.6 is 0 Å². The van der Waals surface area contributed by atoms with Gasteiger partial charge < -0.3 is 10.4 Å². The largest absolute Gasteiger partial charge is 0.507 e. The van der Waals surface area contributed by atoms with Gasteiger partial charge in [-0.1, -0.05) is 12.1 Å². The highest BCUT2D eigenvalue weighted by atomic mass is 16.3. The lowest BCUT2D eigenvalue weighted by Crippen LogP contribution is -2.13. The Morgan fingerprint density at radius 1 is 1.04 bits per heavy atom. The first kappa shape index (κ1) is 17.2. The molecule has 4 aromatic rings. The van der Waals surface area contributed by atoms with Crippen molar-refractivity contribution in [3.05, 3.63) is 84.1 Å². The molecule has 0 spiro atoms. The zero-order valence-electron chi connectivity index (χ0n) is 14.6. The van der Waals surface area contributed by atoms with E-state index in [0.717, 1.165) is 10.9 Å². The second-order valence-electron chi connectivity index (χ2n) is 6.12. The lowest BCUT2D eigenvalue weighted by molar-refractivity contribution is 0.102. The third kappa shape index (κ3) is 3.37. The summed E-state index contributed by atoms with van der Waals surface area (Å²) in [6.45, 7) is 0. The SMILES string of the molecule is N#Cc1ccc(-c2ccc(C(=O)Nc3ccc4cccnc4n3)cc2O)cc1. The molecule has 0 aliphatic rings. The maximum Gasteiger partial charge on any atom is 0.256 e. The number of nitrogens with zero attached hydrogens (tertiary/aromatic N) is 3. The van der Waals surface area contributed by atoms with Crippen molar-refractivity contribution < 1.29 is 9.90 Å². The minimum Gasteiger partial charge on any atom is -0.507 e. The van der Waals surface area contributed by atoms with Crippen LogP contribution < -0.4 is 5.32 Å². The topological polar surface area (TPSA) is 98.9 Å². The van der Waals surface area contributed by atoms with E-state index in [1.54, 1.807) is 48.7 Å². The molecule has 0 radical (unpaired) electrons. The third-order valence-corrected chi connectivity index (χ3v) is 4.29. The zero-order chi connectivity index (χ0) is 19.5. The number of carbonyl (C=O) groups is 1. The molecule has 0 unspecified atom stereocenters. The van der Waals surface area contributed by atoms with Gasteiger partial charge in [-0.15, -0.1) is 0 Å². The van der Waals surface area contributed by atoms with E-state index in [4.69, 9.17) is 5.26 Å². The maximum atomic E-state index is 12.5. The molecule has 2 aromatic carbocycles. The number of rotatable bonds is 3. The zero-order valence-corrected chi connectivity index (χ0v) is 14.6. The molecule has 0 aliphatic heterocycles. The molecule has 4 rings (SSSR count). The van der Waals surface area contributed by atoms with Crippen molar-refractivity contribution in [2.24, 2.45) is 0 Å². The highest BCUT2D eigenvalue weighted by Crippen LogP contribution is 2.30. The number of phenols is 1. The van der Waals surface area contributed by atoms with Crippen molar-refractivity contribution in [1.29, 1.82) is 5.26 Å². The van der Waals surface area contributed by atoms with Crippen molar-refractivity contribution >= 4 is 22.8 Å². The molecule has 2 N–H and O–H groups in total. The number of carbonyl (C=O) groups excluding carboxylic acids is 1. The lowest BCUT2D eigenvalue weighted by Gasteiger charge is -2.09. The van der Waals surface area contributed by atoms with Crippen LogP contribution in [0.3, 0.4) is 0 Å². The third-order valence-electron chi connectivity index (χ3n) is 4.29. The summed E-state index contributed by atoms with van der Waals surface area (Å²) in [4.78, 5) is 21.0. The number of nitrogens with one attached hydrogen (secondary N) is 1. The quantitative estimate of drug-likeness (QED) is 0.568. The molecule has 0 atom stereocenters. The Morgan fingerprint density at radius 3 is 2.61 bits per heavy atom. The summed E-state index contributed by atoms with van der Waals surface area (Å²) >= 11 is 0. The van der Waals surface area contributed by atoms with Gasteiger partial charge in [-0.25, -0.2) is 9.97 Å². The molecular formula is C22H14N4O2. The fourth-order valence-electron chi connectivity index (χ4n) is 2.85. The Bertz CT molecular complexity index is 1230. The van der Waals surface area contributed by atoms with Gasteiger partial charge in [0.25, 0.3) is 5.91 Å². The second-order valence-corrected chi connectivity index (χ2v) is 6.12. The van der Waals surface area contributed by atoms with Crippen LogP contribution in [0.5, 0.6) is 5.75 Å². The van der Waals surface area contributed by atoms with Crippen LogP contribution in [0.4, 0.5) is 5.82 Å². The Kier molecular flexibility index (Phi) is 4.40. The number of fused-ring (bicyclic) bond motifs is 1. The number of hydrogen-bond donors (Lipinski definition) is 2. The Labute approximate surface area is 160 Å². The molecule has 28 heavy (non-hydrogen) atoms. The fraction of sp³-hybridized carbons (Fsp3) is 0. The number of phenolic OH excluding ortho intramolecular Hbond substituents is 1. The molecular weight excluding hydrogens is 352 g/mol. The summed E-state index contributed by atoms with van der Waals surface area (Å²) in [6, 6.07) is 20.8. The summed E-state index contributed by atoms with van der Waals surface area (Å²) in [6.07, 6.45) is 1.64.